The van der Waals surface area contributed by atoms with Gasteiger partial charge in [0.05, 0.1) is 22.1 Å². The molecule has 0 N–H and O–H groups in total. The normalized spacial score (nSPS) is 9.15. The molecule has 7 nitrogen and oxygen atoms in total. The molecule has 5 aromatic heterocycles. The highest BCUT2D eigenvalue weighted by Crippen LogP contribution is 2.17. The van der Waals surface area contributed by atoms with E-state index in [0.717, 1.165) is 27.5 Å². The number of benzene rings is 5. The lowest BCUT2D eigenvalue weighted by Gasteiger charge is -1.98. The highest BCUT2D eigenvalue weighted by molar-refractivity contribution is 5.85. The van der Waals surface area contributed by atoms with Crippen molar-refractivity contribution in [2.24, 2.45) is 0 Å². The van der Waals surface area contributed by atoms with Gasteiger partial charge in [0, 0.05) is 71.1 Å². The number of fused-ring (bicyclic) bond motifs is 5. The minimum absolute atomic E-state index is 0.957. The number of hydrogen-bond donors (Lipinski definition) is 0. The van der Waals surface area contributed by atoms with E-state index in [4.69, 9.17) is 0 Å². The molecule has 0 unspecified atom stereocenters. The maximum Gasteiger partial charge on any atom is 0.116 e. The number of nitrogens with zero attached hydrogens (tertiary/aromatic N) is 7. The second-order valence-electron chi connectivity index (χ2n) is 13.2. The lowest BCUT2D eigenvalue weighted by Crippen LogP contribution is -1.81. The second kappa shape index (κ2) is 33.6. The number of rotatable bonds is 0. The Hall–Kier alpha value is -6.99. The standard InChI is InChI=1S/3C10H9N.2C9H8N2.5C2H6/c1-8-4-2-5-9-6-3-7-11-10(8)9;1-8-2-3-9-4-5-11-7-10(9)6-8;1-8-3-2-4-9-5-6-11-7-10(8)9;1-7-2-3-8-5-10-6-11-9(8)4-7;1-7-2-3-8-9(6-7)11-5-4-10-8;5*1-2/h3*2-7H,1H3;2*2-6H,1H3;5*1-2H3. The molecule has 0 spiro atoms. The van der Waals surface area contributed by atoms with E-state index in [-0.39, 0.29) is 0 Å². The van der Waals surface area contributed by atoms with Crippen LogP contribution in [0.5, 0.6) is 0 Å². The Kier molecular flexibility index (Phi) is 28.9. The zero-order chi connectivity index (χ0) is 48.4. The van der Waals surface area contributed by atoms with Crippen LogP contribution in [0, 0.1) is 34.6 Å². The van der Waals surface area contributed by atoms with Gasteiger partial charge in [-0.3, -0.25) is 24.9 Å². The molecule has 0 aliphatic rings. The van der Waals surface area contributed by atoms with Gasteiger partial charge in [-0.15, -0.1) is 0 Å². The van der Waals surface area contributed by atoms with Crippen LogP contribution < -0.4 is 0 Å². The van der Waals surface area contributed by atoms with Crippen LogP contribution in [0.25, 0.3) is 54.4 Å². The van der Waals surface area contributed by atoms with Crippen molar-refractivity contribution in [3.05, 3.63) is 199 Å². The van der Waals surface area contributed by atoms with Crippen LogP contribution in [-0.2, 0) is 0 Å². The first-order valence-corrected chi connectivity index (χ1v) is 23.1. The van der Waals surface area contributed by atoms with Gasteiger partial charge >= 0.3 is 0 Å². The van der Waals surface area contributed by atoms with E-state index in [0.29, 0.717) is 0 Å². The molecule has 0 bridgehead atoms. The monoisotopic (exact) mass is 868 g/mol. The largest absolute Gasteiger partial charge is 0.264 e. The highest BCUT2D eigenvalue weighted by atomic mass is 14.8. The predicted octanol–water partition coefficient (Wildman–Crippen LogP) is 16.6. The van der Waals surface area contributed by atoms with Crippen LogP contribution in [0.4, 0.5) is 0 Å². The summed E-state index contributed by atoms with van der Waals surface area (Å²) in [7, 11) is 0. The van der Waals surface area contributed by atoms with E-state index < -0.39 is 0 Å². The second-order valence-corrected chi connectivity index (χ2v) is 13.2. The van der Waals surface area contributed by atoms with Crippen molar-refractivity contribution in [2.45, 2.75) is 104 Å². The lowest BCUT2D eigenvalue weighted by atomic mass is 10.1. The molecule has 0 aliphatic carbocycles. The summed E-state index contributed by atoms with van der Waals surface area (Å²) in [5, 5.41) is 7.29. The fourth-order valence-corrected chi connectivity index (χ4v) is 5.88. The lowest BCUT2D eigenvalue weighted by molar-refractivity contribution is 1.22. The van der Waals surface area contributed by atoms with E-state index in [1.54, 1.807) is 18.7 Å². The summed E-state index contributed by atoms with van der Waals surface area (Å²) >= 11 is 0. The van der Waals surface area contributed by atoms with Gasteiger partial charge in [-0.2, -0.15) is 0 Å². The summed E-state index contributed by atoms with van der Waals surface area (Å²) in [5.41, 5.74) is 10.3. The first-order chi connectivity index (χ1) is 31.8. The van der Waals surface area contributed by atoms with Crippen molar-refractivity contribution < 1.29 is 0 Å². The van der Waals surface area contributed by atoms with Gasteiger partial charge in [0.1, 0.15) is 6.33 Å². The molecule has 340 valence electrons. The summed E-state index contributed by atoms with van der Waals surface area (Å²) in [6.07, 6.45) is 16.1. The molecular formula is C58H73N7. The van der Waals surface area contributed by atoms with E-state index in [2.05, 4.69) is 135 Å². The van der Waals surface area contributed by atoms with Gasteiger partial charge in [-0.25, -0.2) is 9.97 Å². The summed E-state index contributed by atoms with van der Waals surface area (Å²) < 4.78 is 0. The van der Waals surface area contributed by atoms with E-state index >= 15 is 0 Å². The first-order valence-electron chi connectivity index (χ1n) is 23.1. The molecule has 0 atom stereocenters. The van der Waals surface area contributed by atoms with Gasteiger partial charge < -0.3 is 0 Å². The average molecular weight is 868 g/mol. The zero-order valence-electron chi connectivity index (χ0n) is 41.8. The maximum atomic E-state index is 4.28. The summed E-state index contributed by atoms with van der Waals surface area (Å²) in [5.74, 6) is 0. The average Bonchev–Trinajstić information content (AvgIpc) is 3.38. The van der Waals surface area contributed by atoms with Gasteiger partial charge in [0.2, 0.25) is 0 Å². The molecule has 0 amide bonds. The van der Waals surface area contributed by atoms with Crippen molar-refractivity contribution in [1.29, 1.82) is 0 Å². The Bertz CT molecular complexity index is 2510. The molecule has 5 aromatic carbocycles. The fraction of sp³-hybridized carbons (Fsp3) is 0.259. The highest BCUT2D eigenvalue weighted by Gasteiger charge is 1.96. The first kappa shape index (κ1) is 56.0. The van der Waals surface area contributed by atoms with Gasteiger partial charge in [-0.05, 0) is 110 Å². The van der Waals surface area contributed by atoms with Gasteiger partial charge in [0.15, 0.2) is 0 Å². The number of hydrogen-bond acceptors (Lipinski definition) is 7. The molecule has 5 heterocycles. The third kappa shape index (κ3) is 19.1. The quantitative estimate of drug-likeness (QED) is 0.150. The van der Waals surface area contributed by atoms with Gasteiger partial charge in [-0.1, -0.05) is 148 Å². The Balaban J connectivity index is 0.000000387. The van der Waals surface area contributed by atoms with Crippen LogP contribution in [0.2, 0.25) is 0 Å². The molecule has 0 radical (unpaired) electrons. The summed E-state index contributed by atoms with van der Waals surface area (Å²) in [4.78, 5) is 28.8. The third-order valence-corrected chi connectivity index (χ3v) is 8.82. The molecule has 0 saturated heterocycles. The molecule has 0 aliphatic heterocycles. The summed E-state index contributed by atoms with van der Waals surface area (Å²) in [6.45, 7) is 30.4. The Labute approximate surface area is 390 Å². The molecule has 65 heavy (non-hydrogen) atoms. The van der Waals surface area contributed by atoms with Crippen LogP contribution in [0.3, 0.4) is 0 Å². The topological polar surface area (TPSA) is 90.2 Å². The summed E-state index contributed by atoms with van der Waals surface area (Å²) in [6, 6.07) is 39.1. The molecule has 10 rings (SSSR count). The number of pyridine rings is 3. The molecule has 10 aromatic rings. The molecule has 7 heteroatoms. The number of aromatic nitrogens is 7. The van der Waals surface area contributed by atoms with Crippen molar-refractivity contribution in [3.63, 3.8) is 0 Å². The van der Waals surface area contributed by atoms with Crippen molar-refractivity contribution in [2.75, 3.05) is 0 Å². The van der Waals surface area contributed by atoms with Crippen molar-refractivity contribution in [3.8, 4) is 0 Å². The number of aryl methyl sites for hydroxylation is 5. The van der Waals surface area contributed by atoms with Crippen LogP contribution in [-0.4, -0.2) is 34.9 Å². The maximum absolute atomic E-state index is 4.28. The van der Waals surface area contributed by atoms with Crippen LogP contribution in [0.1, 0.15) is 97.1 Å². The molecule has 0 fully saturated rings. The van der Waals surface area contributed by atoms with Gasteiger partial charge in [0.25, 0.3) is 0 Å². The predicted molar refractivity (Wildman–Crippen MR) is 285 cm³/mol. The van der Waals surface area contributed by atoms with Crippen molar-refractivity contribution >= 4 is 54.4 Å². The zero-order valence-corrected chi connectivity index (χ0v) is 41.8. The fourth-order valence-electron chi connectivity index (χ4n) is 5.88. The Morgan fingerprint density at radius 1 is 0.308 bits per heavy atom. The van der Waals surface area contributed by atoms with Crippen LogP contribution in [0.15, 0.2) is 171 Å². The Morgan fingerprint density at radius 3 is 1.49 bits per heavy atom. The SMILES string of the molecule is CC.CC.CC.CC.CC.Cc1ccc2ccncc2c1.Cc1ccc2cncnc2c1.Cc1ccc2nccnc2c1.Cc1cccc2cccnc12.Cc1cccc2ccncc12. The molecule has 0 saturated carbocycles. The third-order valence-electron chi connectivity index (χ3n) is 8.82. The smallest absolute Gasteiger partial charge is 0.116 e. The van der Waals surface area contributed by atoms with E-state index in [9.17, 15) is 0 Å². The molecular weight excluding hydrogens is 795 g/mol. The Morgan fingerprint density at radius 2 is 0.831 bits per heavy atom. The minimum Gasteiger partial charge on any atom is -0.264 e. The van der Waals surface area contributed by atoms with Crippen molar-refractivity contribution in [1.82, 2.24) is 34.9 Å². The minimum atomic E-state index is 0.957. The van der Waals surface area contributed by atoms with E-state index in [1.807, 2.05) is 156 Å². The van der Waals surface area contributed by atoms with Crippen LogP contribution >= 0.6 is 0 Å². The van der Waals surface area contributed by atoms with E-state index in [1.165, 1.54) is 54.7 Å². The number of para-hydroxylation sites is 1.